The van der Waals surface area contributed by atoms with E-state index in [1.807, 2.05) is 11.9 Å². The van der Waals surface area contributed by atoms with E-state index in [0.29, 0.717) is 35.5 Å². The maximum atomic E-state index is 12.8. The molecule has 1 N–H and O–H groups in total. The summed E-state index contributed by atoms with van der Waals surface area (Å²) < 4.78 is 10.6. The van der Waals surface area contributed by atoms with Gasteiger partial charge in [-0.05, 0) is 50.6 Å². The molecule has 5 nitrogen and oxygen atoms in total. The zero-order valence-electron chi connectivity index (χ0n) is 14.2. The Morgan fingerprint density at radius 2 is 2.04 bits per heavy atom. The fourth-order valence-electron chi connectivity index (χ4n) is 2.83. The van der Waals surface area contributed by atoms with Crippen LogP contribution >= 0.6 is 24.0 Å². The lowest BCUT2D eigenvalue weighted by Crippen LogP contribution is -2.40. The van der Waals surface area contributed by atoms with E-state index in [-0.39, 0.29) is 18.3 Å². The highest BCUT2D eigenvalue weighted by molar-refractivity contribution is 6.31. The van der Waals surface area contributed by atoms with E-state index in [2.05, 4.69) is 5.32 Å². The van der Waals surface area contributed by atoms with Crippen LogP contribution in [0.2, 0.25) is 5.02 Å². The van der Waals surface area contributed by atoms with E-state index < -0.39 is 0 Å². The number of rotatable bonds is 7. The smallest absolute Gasteiger partial charge is 0.257 e. The first-order chi connectivity index (χ1) is 11.2. The summed E-state index contributed by atoms with van der Waals surface area (Å²) in [6.07, 6.45) is 2.04. The average molecular weight is 377 g/mol. The predicted molar refractivity (Wildman–Crippen MR) is 98.6 cm³/mol. The van der Waals surface area contributed by atoms with Crippen LogP contribution in [-0.2, 0) is 4.74 Å². The monoisotopic (exact) mass is 376 g/mol. The van der Waals surface area contributed by atoms with Crippen LogP contribution < -0.4 is 10.1 Å². The number of piperidine rings is 1. The number of halogens is 2. The summed E-state index contributed by atoms with van der Waals surface area (Å²) in [6, 6.07) is 5.17. The van der Waals surface area contributed by atoms with Crippen molar-refractivity contribution in [1.82, 2.24) is 10.2 Å². The minimum Gasteiger partial charge on any atom is -0.490 e. The van der Waals surface area contributed by atoms with Crippen molar-refractivity contribution in [3.63, 3.8) is 0 Å². The third-order valence-corrected chi connectivity index (χ3v) is 4.35. The first-order valence-electron chi connectivity index (χ1n) is 8.01. The molecule has 0 saturated carbocycles. The van der Waals surface area contributed by atoms with Gasteiger partial charge in [0.2, 0.25) is 0 Å². The van der Waals surface area contributed by atoms with Gasteiger partial charge in [-0.3, -0.25) is 4.79 Å². The van der Waals surface area contributed by atoms with Gasteiger partial charge >= 0.3 is 0 Å². The van der Waals surface area contributed by atoms with E-state index >= 15 is 0 Å². The molecular weight excluding hydrogens is 351 g/mol. The molecule has 1 aromatic carbocycles. The van der Waals surface area contributed by atoms with Gasteiger partial charge in [-0.2, -0.15) is 0 Å². The van der Waals surface area contributed by atoms with Gasteiger partial charge in [-0.25, -0.2) is 0 Å². The van der Waals surface area contributed by atoms with E-state index in [1.165, 1.54) is 0 Å². The largest absolute Gasteiger partial charge is 0.490 e. The summed E-state index contributed by atoms with van der Waals surface area (Å²) in [5, 5.41) is 3.75. The lowest BCUT2D eigenvalue weighted by molar-refractivity contribution is 0.0684. The Balaban J connectivity index is 0.00000288. The number of hydrogen-bond donors (Lipinski definition) is 1. The summed E-state index contributed by atoms with van der Waals surface area (Å²) in [7, 11) is 3.58. The summed E-state index contributed by atoms with van der Waals surface area (Å²) in [6.45, 7) is 3.43. The minimum atomic E-state index is -0.0113. The van der Waals surface area contributed by atoms with E-state index in [1.54, 1.807) is 25.3 Å². The molecule has 0 bridgehead atoms. The maximum absolute atomic E-state index is 12.8. The molecular formula is C17H26Cl2N2O3. The SMILES string of the molecule is CNCC1CCN(C(=O)c2cc(Cl)ccc2OCCOC)CC1.Cl. The van der Waals surface area contributed by atoms with Gasteiger partial charge in [-0.1, -0.05) is 11.6 Å². The number of carbonyl (C=O) groups is 1. The number of methoxy groups -OCH3 is 1. The second-order valence-corrected chi connectivity index (χ2v) is 6.21. The highest BCUT2D eigenvalue weighted by Gasteiger charge is 2.25. The average Bonchev–Trinajstić information content (AvgIpc) is 2.57. The van der Waals surface area contributed by atoms with Crippen molar-refractivity contribution in [2.24, 2.45) is 5.92 Å². The fourth-order valence-corrected chi connectivity index (χ4v) is 3.00. The number of carbonyl (C=O) groups excluding carboxylic acids is 1. The van der Waals surface area contributed by atoms with Crippen molar-refractivity contribution < 1.29 is 14.3 Å². The van der Waals surface area contributed by atoms with Crippen molar-refractivity contribution >= 4 is 29.9 Å². The van der Waals surface area contributed by atoms with Crippen LogP contribution in [0.4, 0.5) is 0 Å². The molecule has 24 heavy (non-hydrogen) atoms. The summed E-state index contributed by atoms with van der Waals surface area (Å²) in [5.74, 6) is 1.19. The molecule has 0 aromatic heterocycles. The minimum absolute atomic E-state index is 0. The Morgan fingerprint density at radius 1 is 1.33 bits per heavy atom. The van der Waals surface area contributed by atoms with Crippen LogP contribution in [0.1, 0.15) is 23.2 Å². The Kier molecular flexibility index (Phi) is 9.44. The Labute approximate surface area is 155 Å². The molecule has 1 heterocycles. The molecule has 136 valence electrons. The van der Waals surface area contributed by atoms with Crippen molar-refractivity contribution in [3.8, 4) is 5.75 Å². The highest BCUT2D eigenvalue weighted by atomic mass is 35.5. The summed E-state index contributed by atoms with van der Waals surface area (Å²) in [5.41, 5.74) is 0.528. The number of hydrogen-bond acceptors (Lipinski definition) is 4. The quantitative estimate of drug-likeness (QED) is 0.743. The molecule has 0 atom stereocenters. The lowest BCUT2D eigenvalue weighted by atomic mass is 9.96. The first kappa shape index (κ1) is 21.0. The molecule has 2 rings (SSSR count). The molecule has 0 unspecified atom stereocenters. The third kappa shape index (κ3) is 5.81. The Hall–Kier alpha value is -1.01. The van der Waals surface area contributed by atoms with Gasteiger partial charge in [0.15, 0.2) is 0 Å². The van der Waals surface area contributed by atoms with E-state index in [9.17, 15) is 4.79 Å². The zero-order chi connectivity index (χ0) is 16.7. The van der Waals surface area contributed by atoms with Crippen LogP contribution in [0.15, 0.2) is 18.2 Å². The van der Waals surface area contributed by atoms with Crippen molar-refractivity contribution in [3.05, 3.63) is 28.8 Å². The first-order valence-corrected chi connectivity index (χ1v) is 8.38. The molecule has 1 aliphatic heterocycles. The van der Waals surface area contributed by atoms with Crippen LogP contribution in [0.3, 0.4) is 0 Å². The Morgan fingerprint density at radius 3 is 2.67 bits per heavy atom. The number of nitrogens with zero attached hydrogens (tertiary/aromatic N) is 1. The molecule has 0 aliphatic carbocycles. The Bertz CT molecular complexity index is 521. The standard InChI is InChI=1S/C17H25ClN2O3.ClH/c1-19-12-13-5-7-20(8-6-13)17(21)15-11-14(18)3-4-16(15)23-10-9-22-2;/h3-4,11,13,19H,5-10,12H2,1-2H3;1H. The highest BCUT2D eigenvalue weighted by Crippen LogP contribution is 2.26. The zero-order valence-corrected chi connectivity index (χ0v) is 15.8. The lowest BCUT2D eigenvalue weighted by Gasteiger charge is -2.32. The summed E-state index contributed by atoms with van der Waals surface area (Å²) >= 11 is 6.07. The predicted octanol–water partition coefficient (Wildman–Crippen LogP) is 2.86. The van der Waals surface area contributed by atoms with Crippen LogP contribution in [0.25, 0.3) is 0 Å². The van der Waals surface area contributed by atoms with E-state index in [0.717, 1.165) is 32.5 Å². The number of likely N-dealkylation sites (tertiary alicyclic amines) is 1. The van der Waals surface area contributed by atoms with Crippen LogP contribution in [-0.4, -0.2) is 57.8 Å². The van der Waals surface area contributed by atoms with Crippen LogP contribution in [0, 0.1) is 5.92 Å². The third-order valence-electron chi connectivity index (χ3n) is 4.11. The molecule has 1 saturated heterocycles. The van der Waals surface area contributed by atoms with Gasteiger partial charge in [-0.15, -0.1) is 12.4 Å². The van der Waals surface area contributed by atoms with Crippen molar-refractivity contribution in [2.75, 3.05) is 47.0 Å². The van der Waals surface area contributed by atoms with Gasteiger partial charge in [0.05, 0.1) is 12.2 Å². The van der Waals surface area contributed by atoms with Gasteiger partial charge in [0.1, 0.15) is 12.4 Å². The molecule has 1 aliphatic rings. The van der Waals surface area contributed by atoms with Crippen molar-refractivity contribution in [2.45, 2.75) is 12.8 Å². The van der Waals surface area contributed by atoms with Crippen LogP contribution in [0.5, 0.6) is 5.75 Å². The fraction of sp³-hybridized carbons (Fsp3) is 0.588. The second-order valence-electron chi connectivity index (χ2n) is 5.77. The molecule has 1 aromatic rings. The number of benzene rings is 1. The van der Waals surface area contributed by atoms with Gasteiger partial charge < -0.3 is 19.7 Å². The molecule has 0 radical (unpaired) electrons. The maximum Gasteiger partial charge on any atom is 0.257 e. The van der Waals surface area contributed by atoms with Gasteiger partial charge in [0, 0.05) is 25.2 Å². The molecule has 7 heteroatoms. The van der Waals surface area contributed by atoms with E-state index in [4.69, 9.17) is 21.1 Å². The molecule has 1 amide bonds. The second kappa shape index (κ2) is 10.8. The molecule has 0 spiro atoms. The number of ether oxygens (including phenoxy) is 2. The number of nitrogens with one attached hydrogen (secondary N) is 1. The normalized spacial score (nSPS) is 15.0. The van der Waals surface area contributed by atoms with Crippen molar-refractivity contribution in [1.29, 1.82) is 0 Å². The topological polar surface area (TPSA) is 50.8 Å². The van der Waals surface area contributed by atoms with Gasteiger partial charge in [0.25, 0.3) is 5.91 Å². The summed E-state index contributed by atoms with van der Waals surface area (Å²) in [4.78, 5) is 14.7. The number of amides is 1. The molecule has 1 fully saturated rings.